The van der Waals surface area contributed by atoms with Crippen LogP contribution in [0.3, 0.4) is 0 Å². The maximum atomic E-state index is 11.1. The van der Waals surface area contributed by atoms with Crippen molar-refractivity contribution in [3.05, 3.63) is 29.3 Å². The third-order valence-electron chi connectivity index (χ3n) is 2.51. The van der Waals surface area contributed by atoms with E-state index in [2.05, 4.69) is 4.74 Å². The Bertz CT molecular complexity index is 383. The predicted molar refractivity (Wildman–Crippen MR) is 67.3 cm³/mol. The van der Waals surface area contributed by atoms with Gasteiger partial charge >= 0.3 is 5.97 Å². The number of hydrogen-bond donors (Lipinski definition) is 0. The van der Waals surface area contributed by atoms with Crippen LogP contribution in [0.25, 0.3) is 0 Å². The van der Waals surface area contributed by atoms with Gasteiger partial charge in [0.15, 0.2) is 0 Å². The Morgan fingerprint density at radius 1 is 1.35 bits per heavy atom. The zero-order valence-corrected chi connectivity index (χ0v) is 10.9. The Hall–Kier alpha value is -1.51. The van der Waals surface area contributed by atoms with Gasteiger partial charge in [-0.15, -0.1) is 0 Å². The molecule has 1 rings (SSSR count). The van der Waals surface area contributed by atoms with E-state index in [1.54, 1.807) is 0 Å². The molecule has 0 atom stereocenters. The number of methoxy groups -OCH3 is 1. The monoisotopic (exact) mass is 236 g/mol. The molecular formula is C14H20O3. The minimum absolute atomic E-state index is 0.174. The molecule has 1 aromatic carbocycles. The number of carbonyl (C=O) groups is 1. The number of carbonyl (C=O) groups excluding carboxylic acids is 1. The van der Waals surface area contributed by atoms with Crippen LogP contribution in [0.15, 0.2) is 18.2 Å². The molecule has 0 spiro atoms. The quantitative estimate of drug-likeness (QED) is 0.737. The van der Waals surface area contributed by atoms with Crippen LogP contribution in [0.2, 0.25) is 0 Å². The molecule has 0 N–H and O–H groups in total. The number of hydrogen-bond acceptors (Lipinski definition) is 3. The molecule has 3 nitrogen and oxygen atoms in total. The van der Waals surface area contributed by atoms with Crippen LogP contribution in [0.5, 0.6) is 5.75 Å². The molecule has 0 heterocycles. The highest BCUT2D eigenvalue weighted by Gasteiger charge is 2.05. The van der Waals surface area contributed by atoms with E-state index >= 15 is 0 Å². The van der Waals surface area contributed by atoms with E-state index in [1.165, 1.54) is 7.11 Å². The maximum Gasteiger partial charge on any atom is 0.305 e. The van der Waals surface area contributed by atoms with E-state index in [-0.39, 0.29) is 12.1 Å². The minimum Gasteiger partial charge on any atom is -0.491 e. The standard InChI is InChI=1S/C14H20O3/c1-10(2)17-13-7-5-12(11(3)9-13)6-8-14(15)16-4/h5,7,9-10H,6,8H2,1-4H3. The second-order valence-electron chi connectivity index (χ2n) is 4.33. The number of aryl methyl sites for hydroxylation is 2. The first-order chi connectivity index (χ1) is 8.02. The molecule has 94 valence electrons. The van der Waals surface area contributed by atoms with Crippen LogP contribution < -0.4 is 4.74 Å². The van der Waals surface area contributed by atoms with Crippen molar-refractivity contribution in [1.29, 1.82) is 0 Å². The number of esters is 1. The van der Waals surface area contributed by atoms with Crippen molar-refractivity contribution in [2.45, 2.75) is 39.7 Å². The Morgan fingerprint density at radius 3 is 2.59 bits per heavy atom. The van der Waals surface area contributed by atoms with Gasteiger partial charge in [0.05, 0.1) is 13.2 Å². The van der Waals surface area contributed by atoms with Crippen molar-refractivity contribution >= 4 is 5.97 Å². The summed E-state index contributed by atoms with van der Waals surface area (Å²) in [5, 5.41) is 0. The lowest BCUT2D eigenvalue weighted by Gasteiger charge is -2.12. The van der Waals surface area contributed by atoms with E-state index in [9.17, 15) is 4.79 Å². The average Bonchev–Trinajstić information content (AvgIpc) is 2.26. The van der Waals surface area contributed by atoms with Gasteiger partial charge < -0.3 is 9.47 Å². The molecular weight excluding hydrogens is 216 g/mol. The summed E-state index contributed by atoms with van der Waals surface area (Å²) in [6.07, 6.45) is 1.30. The lowest BCUT2D eigenvalue weighted by atomic mass is 10.0. The molecule has 0 unspecified atom stereocenters. The number of ether oxygens (including phenoxy) is 2. The zero-order chi connectivity index (χ0) is 12.8. The summed E-state index contributed by atoms with van der Waals surface area (Å²) in [5.41, 5.74) is 2.30. The molecule has 0 radical (unpaired) electrons. The first-order valence-electron chi connectivity index (χ1n) is 5.86. The maximum absolute atomic E-state index is 11.1. The Kier molecular flexibility index (Phi) is 5.01. The van der Waals surface area contributed by atoms with Gasteiger partial charge in [0, 0.05) is 6.42 Å². The van der Waals surface area contributed by atoms with Crippen molar-refractivity contribution in [3.63, 3.8) is 0 Å². The summed E-state index contributed by atoms with van der Waals surface area (Å²) >= 11 is 0. The molecule has 0 bridgehead atoms. The topological polar surface area (TPSA) is 35.5 Å². The van der Waals surface area contributed by atoms with Crippen LogP contribution >= 0.6 is 0 Å². The molecule has 1 aromatic rings. The fourth-order valence-electron chi connectivity index (χ4n) is 1.63. The van der Waals surface area contributed by atoms with E-state index in [1.807, 2.05) is 39.0 Å². The molecule has 0 saturated carbocycles. The summed E-state index contributed by atoms with van der Waals surface area (Å²) in [7, 11) is 1.41. The van der Waals surface area contributed by atoms with Crippen molar-refractivity contribution in [2.24, 2.45) is 0 Å². The first-order valence-corrected chi connectivity index (χ1v) is 5.86. The first kappa shape index (κ1) is 13.6. The molecule has 3 heteroatoms. The predicted octanol–water partition coefficient (Wildman–Crippen LogP) is 2.89. The van der Waals surface area contributed by atoms with Crippen molar-refractivity contribution < 1.29 is 14.3 Å². The number of rotatable bonds is 5. The summed E-state index contributed by atoms with van der Waals surface area (Å²) in [5.74, 6) is 0.700. The molecule has 0 aliphatic heterocycles. The Morgan fingerprint density at radius 2 is 2.06 bits per heavy atom. The lowest BCUT2D eigenvalue weighted by molar-refractivity contribution is -0.140. The molecule has 0 aliphatic rings. The van der Waals surface area contributed by atoms with Crippen LogP contribution in [0, 0.1) is 6.92 Å². The summed E-state index contributed by atoms with van der Waals surface area (Å²) < 4.78 is 10.2. The van der Waals surface area contributed by atoms with Crippen LogP contribution in [-0.4, -0.2) is 19.2 Å². The van der Waals surface area contributed by atoms with Crippen LogP contribution in [-0.2, 0) is 16.0 Å². The van der Waals surface area contributed by atoms with Crippen LogP contribution in [0.1, 0.15) is 31.4 Å². The van der Waals surface area contributed by atoms with Gasteiger partial charge in [-0.2, -0.15) is 0 Å². The minimum atomic E-state index is -0.174. The highest BCUT2D eigenvalue weighted by Crippen LogP contribution is 2.19. The SMILES string of the molecule is COC(=O)CCc1ccc(OC(C)C)cc1C. The molecule has 0 aromatic heterocycles. The second kappa shape index (κ2) is 6.28. The van der Waals surface area contributed by atoms with E-state index < -0.39 is 0 Å². The average molecular weight is 236 g/mol. The van der Waals surface area contributed by atoms with Crippen molar-refractivity contribution in [1.82, 2.24) is 0 Å². The van der Waals surface area contributed by atoms with Gasteiger partial charge in [0.2, 0.25) is 0 Å². The van der Waals surface area contributed by atoms with Gasteiger partial charge in [-0.1, -0.05) is 6.07 Å². The Balaban J connectivity index is 2.66. The number of benzene rings is 1. The van der Waals surface area contributed by atoms with E-state index in [4.69, 9.17) is 4.74 Å². The molecule has 17 heavy (non-hydrogen) atoms. The third kappa shape index (κ3) is 4.47. The van der Waals surface area contributed by atoms with Gasteiger partial charge in [-0.05, 0) is 50.5 Å². The normalized spacial score (nSPS) is 10.4. The molecule has 0 fully saturated rings. The van der Waals surface area contributed by atoms with Gasteiger partial charge in [0.25, 0.3) is 0 Å². The molecule has 0 saturated heterocycles. The fraction of sp³-hybridized carbons (Fsp3) is 0.500. The van der Waals surface area contributed by atoms with E-state index in [0.717, 1.165) is 16.9 Å². The van der Waals surface area contributed by atoms with Crippen molar-refractivity contribution in [2.75, 3.05) is 7.11 Å². The van der Waals surface area contributed by atoms with Gasteiger partial charge in [-0.3, -0.25) is 4.79 Å². The summed E-state index contributed by atoms with van der Waals surface area (Å²) in [4.78, 5) is 11.1. The molecule has 0 amide bonds. The largest absolute Gasteiger partial charge is 0.491 e. The second-order valence-corrected chi connectivity index (χ2v) is 4.33. The van der Waals surface area contributed by atoms with Gasteiger partial charge in [0.1, 0.15) is 5.75 Å². The lowest BCUT2D eigenvalue weighted by Crippen LogP contribution is -2.06. The Labute approximate surface area is 103 Å². The zero-order valence-electron chi connectivity index (χ0n) is 10.9. The highest BCUT2D eigenvalue weighted by atomic mass is 16.5. The van der Waals surface area contributed by atoms with E-state index in [0.29, 0.717) is 12.8 Å². The third-order valence-corrected chi connectivity index (χ3v) is 2.51. The summed E-state index contributed by atoms with van der Waals surface area (Å²) in [6, 6.07) is 5.96. The van der Waals surface area contributed by atoms with Crippen LogP contribution in [0.4, 0.5) is 0 Å². The molecule has 0 aliphatic carbocycles. The fourth-order valence-corrected chi connectivity index (χ4v) is 1.63. The summed E-state index contributed by atoms with van der Waals surface area (Å²) in [6.45, 7) is 6.03. The smallest absolute Gasteiger partial charge is 0.305 e. The van der Waals surface area contributed by atoms with Crippen molar-refractivity contribution in [3.8, 4) is 5.75 Å². The highest BCUT2D eigenvalue weighted by molar-refractivity contribution is 5.69. The van der Waals surface area contributed by atoms with Gasteiger partial charge in [-0.25, -0.2) is 0 Å².